The number of piperazine rings is 1. The average molecular weight is 512 g/mol. The first kappa shape index (κ1) is 24.4. The van der Waals surface area contributed by atoms with Gasteiger partial charge in [0.1, 0.15) is 12.4 Å². The molecule has 0 radical (unpaired) electrons. The van der Waals surface area contributed by atoms with E-state index in [1.54, 1.807) is 29.1 Å². The number of rotatable bonds is 6. The molecule has 3 aromatic rings. The van der Waals surface area contributed by atoms with Crippen LogP contribution in [0.1, 0.15) is 38.7 Å². The Kier molecular flexibility index (Phi) is 6.29. The molecule has 5 rings (SSSR count). The third-order valence-electron chi connectivity index (χ3n) is 6.71. The number of anilines is 1. The molecule has 0 aliphatic carbocycles. The van der Waals surface area contributed by atoms with E-state index in [9.17, 15) is 13.2 Å². The maximum atomic E-state index is 11.9. The molecule has 1 aromatic carbocycles. The van der Waals surface area contributed by atoms with Gasteiger partial charge in [0, 0.05) is 50.0 Å². The highest BCUT2D eigenvalue weighted by molar-refractivity contribution is 7.92. The summed E-state index contributed by atoms with van der Waals surface area (Å²) in [5.41, 5.74) is 11.1. The molecule has 2 atom stereocenters. The van der Waals surface area contributed by atoms with Crippen molar-refractivity contribution < 1.29 is 17.9 Å². The Hall–Kier alpha value is -3.32. The smallest absolute Gasteiger partial charge is 0.338 e. The fraction of sp³-hybridized carbons (Fsp3) is 0.375. The number of hydrogen-bond donors (Lipinski definition) is 2. The van der Waals surface area contributed by atoms with E-state index in [0.29, 0.717) is 36.9 Å². The predicted molar refractivity (Wildman–Crippen MR) is 134 cm³/mol. The average Bonchev–Trinajstić information content (AvgIpc) is 3.45. The zero-order valence-electron chi connectivity index (χ0n) is 20.4. The number of benzene rings is 1. The van der Waals surface area contributed by atoms with Crippen LogP contribution >= 0.6 is 0 Å². The van der Waals surface area contributed by atoms with E-state index in [0.717, 1.165) is 39.4 Å². The molecule has 0 amide bonds. The van der Waals surface area contributed by atoms with Crippen molar-refractivity contribution in [2.24, 2.45) is 5.73 Å². The highest BCUT2D eigenvalue weighted by Crippen LogP contribution is 2.30. The fourth-order valence-corrected chi connectivity index (χ4v) is 5.19. The molecule has 0 spiro atoms. The molecule has 0 unspecified atom stereocenters. The third kappa shape index (κ3) is 4.72. The summed E-state index contributed by atoms with van der Waals surface area (Å²) in [4.78, 5) is 18.6. The van der Waals surface area contributed by atoms with Crippen LogP contribution in [0.2, 0.25) is 0 Å². The number of cyclic esters (lactones) is 1. The molecule has 11 nitrogen and oxygen atoms in total. The molecule has 3 N–H and O–H groups in total. The SMILES string of the molecule is Cc1c([C@@H]2CN(Cc3cnn(-c4cccc(N(C)S(C)(=O)=O)n4)c3)C[C@H](N)N2)ccc2c1COC2=O. The summed E-state index contributed by atoms with van der Waals surface area (Å²) in [5.74, 6) is 0.573. The minimum Gasteiger partial charge on any atom is -0.457 e. The summed E-state index contributed by atoms with van der Waals surface area (Å²) < 4.78 is 31.7. The maximum Gasteiger partial charge on any atom is 0.338 e. The number of hydrogen-bond acceptors (Lipinski definition) is 9. The molecule has 36 heavy (non-hydrogen) atoms. The monoisotopic (exact) mass is 511 g/mol. The second-order valence-electron chi connectivity index (χ2n) is 9.28. The topological polar surface area (TPSA) is 136 Å². The first-order chi connectivity index (χ1) is 17.1. The van der Waals surface area contributed by atoms with E-state index in [4.69, 9.17) is 10.5 Å². The van der Waals surface area contributed by atoms with Crippen molar-refractivity contribution in [3.63, 3.8) is 0 Å². The van der Waals surface area contributed by atoms with Crippen LogP contribution in [-0.2, 0) is 27.9 Å². The minimum absolute atomic E-state index is 0.00896. The number of aromatic nitrogens is 3. The van der Waals surface area contributed by atoms with Gasteiger partial charge in [0.05, 0.1) is 24.2 Å². The molecule has 1 saturated heterocycles. The molecule has 1 fully saturated rings. The van der Waals surface area contributed by atoms with Crippen molar-refractivity contribution in [1.29, 1.82) is 0 Å². The third-order valence-corrected chi connectivity index (χ3v) is 7.89. The number of ether oxygens (including phenoxy) is 1. The minimum atomic E-state index is -3.42. The first-order valence-corrected chi connectivity index (χ1v) is 13.4. The van der Waals surface area contributed by atoms with Crippen molar-refractivity contribution >= 4 is 21.8 Å². The Bertz CT molecular complexity index is 1420. The first-order valence-electron chi connectivity index (χ1n) is 11.6. The normalized spacial score (nSPS) is 20.3. The molecule has 2 aromatic heterocycles. The molecular weight excluding hydrogens is 482 g/mol. The number of nitrogens with zero attached hydrogens (tertiary/aromatic N) is 5. The number of nitrogens with one attached hydrogen (secondary N) is 1. The molecule has 2 aliphatic heterocycles. The van der Waals surface area contributed by atoms with E-state index in [1.807, 2.05) is 25.3 Å². The number of carbonyl (C=O) groups excluding carboxylic acids is 1. The zero-order valence-corrected chi connectivity index (χ0v) is 21.2. The summed E-state index contributed by atoms with van der Waals surface area (Å²) in [5, 5.41) is 7.92. The molecule has 190 valence electrons. The standard InChI is InChI=1S/C24H29N7O4S/c1-15-17(7-8-18-19(15)14-35-24(18)32)20-12-30(13-21(25)27-20)10-16-9-26-31(11-16)23-6-4-5-22(28-23)29(2)36(3,33)34/h4-9,11,20-21,27H,10,12-14,25H2,1-3H3/t20-,21+/m0/s1. The lowest BCUT2D eigenvalue weighted by atomic mass is 9.93. The Balaban J connectivity index is 1.32. The van der Waals surface area contributed by atoms with Gasteiger partial charge in [0.15, 0.2) is 5.82 Å². The van der Waals surface area contributed by atoms with Crippen LogP contribution in [0.4, 0.5) is 5.82 Å². The van der Waals surface area contributed by atoms with Crippen molar-refractivity contribution in [2.75, 3.05) is 30.7 Å². The van der Waals surface area contributed by atoms with Crippen LogP contribution in [0, 0.1) is 6.92 Å². The Morgan fingerprint density at radius 2 is 2.06 bits per heavy atom. The molecular formula is C24H29N7O4S. The predicted octanol–water partition coefficient (Wildman–Crippen LogP) is 1.07. The van der Waals surface area contributed by atoms with Gasteiger partial charge in [-0.3, -0.25) is 14.5 Å². The lowest BCUT2D eigenvalue weighted by molar-refractivity contribution is 0.0535. The van der Waals surface area contributed by atoms with Crippen LogP contribution in [-0.4, -0.2) is 66.6 Å². The summed E-state index contributed by atoms with van der Waals surface area (Å²) in [6.45, 7) is 4.38. The number of sulfonamides is 1. The number of fused-ring (bicyclic) bond motifs is 1. The molecule has 4 heterocycles. The second kappa shape index (κ2) is 9.28. The molecule has 2 aliphatic rings. The number of nitrogens with two attached hydrogens (primary N) is 1. The second-order valence-corrected chi connectivity index (χ2v) is 11.3. The van der Waals surface area contributed by atoms with Crippen LogP contribution in [0.15, 0.2) is 42.7 Å². The van der Waals surface area contributed by atoms with Gasteiger partial charge < -0.3 is 10.5 Å². The highest BCUT2D eigenvalue weighted by Gasteiger charge is 2.30. The summed E-state index contributed by atoms with van der Waals surface area (Å²) in [6, 6.07) is 9.00. The van der Waals surface area contributed by atoms with Crippen LogP contribution < -0.4 is 15.4 Å². The summed E-state index contributed by atoms with van der Waals surface area (Å²) >= 11 is 0. The Labute approximate surface area is 209 Å². The van der Waals surface area contributed by atoms with E-state index in [-0.39, 0.29) is 18.2 Å². The van der Waals surface area contributed by atoms with Crippen LogP contribution in [0.3, 0.4) is 0 Å². The molecule has 0 bridgehead atoms. The van der Waals surface area contributed by atoms with Crippen LogP contribution in [0.25, 0.3) is 5.82 Å². The lowest BCUT2D eigenvalue weighted by Crippen LogP contribution is -2.56. The van der Waals surface area contributed by atoms with Crippen molar-refractivity contribution in [2.45, 2.75) is 32.3 Å². The molecule has 0 saturated carbocycles. The number of carbonyl (C=O) groups is 1. The molecule has 12 heteroatoms. The van der Waals surface area contributed by atoms with Gasteiger partial charge in [-0.15, -0.1) is 0 Å². The lowest BCUT2D eigenvalue weighted by Gasteiger charge is -2.38. The van der Waals surface area contributed by atoms with Gasteiger partial charge in [0.25, 0.3) is 0 Å². The van der Waals surface area contributed by atoms with Crippen molar-refractivity contribution in [3.05, 3.63) is 70.5 Å². The number of pyridine rings is 1. The van der Waals surface area contributed by atoms with Gasteiger partial charge in [-0.2, -0.15) is 5.10 Å². The van der Waals surface area contributed by atoms with E-state index < -0.39 is 10.0 Å². The highest BCUT2D eigenvalue weighted by atomic mass is 32.2. The van der Waals surface area contributed by atoms with E-state index in [1.165, 1.54) is 7.05 Å². The Morgan fingerprint density at radius 3 is 2.83 bits per heavy atom. The largest absolute Gasteiger partial charge is 0.457 e. The van der Waals surface area contributed by atoms with Crippen molar-refractivity contribution in [1.82, 2.24) is 25.0 Å². The maximum absolute atomic E-state index is 11.9. The van der Waals surface area contributed by atoms with Gasteiger partial charge in [-0.1, -0.05) is 12.1 Å². The van der Waals surface area contributed by atoms with E-state index in [2.05, 4.69) is 20.3 Å². The van der Waals surface area contributed by atoms with Crippen molar-refractivity contribution in [3.8, 4) is 5.82 Å². The van der Waals surface area contributed by atoms with Gasteiger partial charge in [-0.05, 0) is 36.2 Å². The van der Waals surface area contributed by atoms with Gasteiger partial charge >= 0.3 is 5.97 Å². The van der Waals surface area contributed by atoms with E-state index >= 15 is 0 Å². The fourth-order valence-electron chi connectivity index (χ4n) is 4.75. The summed E-state index contributed by atoms with van der Waals surface area (Å²) in [6.07, 6.45) is 4.59. The number of esters is 1. The Morgan fingerprint density at radius 1 is 1.25 bits per heavy atom. The van der Waals surface area contributed by atoms with Gasteiger partial charge in [-0.25, -0.2) is 22.9 Å². The van der Waals surface area contributed by atoms with Crippen LogP contribution in [0.5, 0.6) is 0 Å². The quantitative estimate of drug-likeness (QED) is 0.466. The summed E-state index contributed by atoms with van der Waals surface area (Å²) in [7, 11) is -1.95. The zero-order chi connectivity index (χ0) is 25.6. The van der Waals surface area contributed by atoms with Gasteiger partial charge in [0.2, 0.25) is 10.0 Å².